The standard InChI is InChI=1S/C15H20O3/c1-3-4-5-6-7-8-9-10-14(17)12-15(18)11-13(2)16/h3-8H,9-12H2,1-2H3/b4-3+,6-5+,8-7+. The monoisotopic (exact) mass is 248 g/mol. The third-order valence-electron chi connectivity index (χ3n) is 2.09. The van der Waals surface area contributed by atoms with Crippen molar-refractivity contribution in [3.8, 4) is 0 Å². The largest absolute Gasteiger partial charge is 0.300 e. The summed E-state index contributed by atoms with van der Waals surface area (Å²) in [5.41, 5.74) is 0. The first kappa shape index (κ1) is 16.2. The van der Waals surface area contributed by atoms with Crippen LogP contribution in [-0.4, -0.2) is 17.3 Å². The second kappa shape index (κ2) is 10.4. The summed E-state index contributed by atoms with van der Waals surface area (Å²) < 4.78 is 0. The van der Waals surface area contributed by atoms with Gasteiger partial charge in [0.2, 0.25) is 0 Å². The number of hydrogen-bond acceptors (Lipinski definition) is 3. The van der Waals surface area contributed by atoms with Crippen LogP contribution in [0.2, 0.25) is 0 Å². The molecule has 18 heavy (non-hydrogen) atoms. The number of carbonyl (C=O) groups is 3. The summed E-state index contributed by atoms with van der Waals surface area (Å²) >= 11 is 0. The topological polar surface area (TPSA) is 51.2 Å². The zero-order valence-electron chi connectivity index (χ0n) is 11.0. The molecule has 3 heteroatoms. The second-order valence-corrected chi connectivity index (χ2v) is 4.01. The maximum Gasteiger partial charge on any atom is 0.147 e. The van der Waals surface area contributed by atoms with E-state index in [0.29, 0.717) is 12.8 Å². The Morgan fingerprint density at radius 2 is 1.56 bits per heavy atom. The first-order chi connectivity index (χ1) is 8.56. The van der Waals surface area contributed by atoms with Gasteiger partial charge in [-0.05, 0) is 20.3 Å². The van der Waals surface area contributed by atoms with Crippen molar-refractivity contribution in [2.75, 3.05) is 0 Å². The van der Waals surface area contributed by atoms with Crippen molar-refractivity contribution in [3.63, 3.8) is 0 Å². The Morgan fingerprint density at radius 1 is 0.889 bits per heavy atom. The van der Waals surface area contributed by atoms with Gasteiger partial charge in [0.25, 0.3) is 0 Å². The van der Waals surface area contributed by atoms with Crippen LogP contribution < -0.4 is 0 Å². The van der Waals surface area contributed by atoms with Crippen molar-refractivity contribution < 1.29 is 14.4 Å². The predicted octanol–water partition coefficient (Wildman–Crippen LogP) is 2.96. The Kier molecular flexibility index (Phi) is 9.37. The first-order valence-corrected chi connectivity index (χ1v) is 6.03. The Bertz CT molecular complexity index is 373. The van der Waals surface area contributed by atoms with E-state index in [1.165, 1.54) is 6.92 Å². The van der Waals surface area contributed by atoms with E-state index in [4.69, 9.17) is 0 Å². The Morgan fingerprint density at radius 3 is 2.17 bits per heavy atom. The fourth-order valence-electron chi connectivity index (χ4n) is 1.31. The third kappa shape index (κ3) is 10.7. The number of carbonyl (C=O) groups excluding carboxylic acids is 3. The maximum atomic E-state index is 11.4. The molecule has 0 fully saturated rings. The van der Waals surface area contributed by atoms with Gasteiger partial charge in [0, 0.05) is 6.42 Å². The van der Waals surface area contributed by atoms with Crippen LogP contribution in [0.15, 0.2) is 36.5 Å². The molecule has 0 aromatic heterocycles. The number of allylic oxidation sites excluding steroid dienone is 6. The number of rotatable bonds is 9. The molecular formula is C15H20O3. The molecule has 0 radical (unpaired) electrons. The van der Waals surface area contributed by atoms with E-state index in [2.05, 4.69) is 0 Å². The summed E-state index contributed by atoms with van der Waals surface area (Å²) in [7, 11) is 0. The average Bonchev–Trinajstić information content (AvgIpc) is 2.26. The van der Waals surface area contributed by atoms with Gasteiger partial charge in [-0.2, -0.15) is 0 Å². The summed E-state index contributed by atoms with van der Waals surface area (Å²) in [5.74, 6) is -0.588. The summed E-state index contributed by atoms with van der Waals surface area (Å²) in [6.07, 6.45) is 12.1. The zero-order valence-corrected chi connectivity index (χ0v) is 11.0. The fraction of sp³-hybridized carbons (Fsp3) is 0.400. The van der Waals surface area contributed by atoms with Gasteiger partial charge in [-0.15, -0.1) is 0 Å². The lowest BCUT2D eigenvalue weighted by molar-refractivity contribution is -0.129. The molecule has 0 saturated heterocycles. The van der Waals surface area contributed by atoms with Gasteiger partial charge < -0.3 is 0 Å². The zero-order chi connectivity index (χ0) is 13.8. The van der Waals surface area contributed by atoms with Gasteiger partial charge in [-0.1, -0.05) is 36.5 Å². The highest BCUT2D eigenvalue weighted by atomic mass is 16.2. The molecule has 0 spiro atoms. The fourth-order valence-corrected chi connectivity index (χ4v) is 1.31. The van der Waals surface area contributed by atoms with Crippen LogP contribution in [0.25, 0.3) is 0 Å². The molecule has 0 atom stereocenters. The number of Topliss-reactive ketones (excluding diaryl/α,β-unsaturated/α-hetero) is 3. The highest BCUT2D eigenvalue weighted by Crippen LogP contribution is 2.00. The molecule has 0 amide bonds. The Labute approximate surface area is 108 Å². The minimum absolute atomic E-state index is 0.108. The van der Waals surface area contributed by atoms with Crippen LogP contribution in [0.3, 0.4) is 0 Å². The molecule has 0 heterocycles. The quantitative estimate of drug-likeness (QED) is 0.465. The van der Waals surface area contributed by atoms with Crippen molar-refractivity contribution in [2.45, 2.75) is 39.5 Å². The van der Waals surface area contributed by atoms with Crippen LogP contribution in [0, 0.1) is 0 Å². The van der Waals surface area contributed by atoms with Crippen molar-refractivity contribution in [3.05, 3.63) is 36.5 Å². The van der Waals surface area contributed by atoms with Gasteiger partial charge in [0.05, 0.1) is 12.8 Å². The van der Waals surface area contributed by atoms with Gasteiger partial charge in [0.1, 0.15) is 17.3 Å². The van der Waals surface area contributed by atoms with E-state index in [9.17, 15) is 14.4 Å². The molecule has 0 rings (SSSR count). The van der Waals surface area contributed by atoms with Crippen LogP contribution >= 0.6 is 0 Å². The molecule has 0 aliphatic carbocycles. The first-order valence-electron chi connectivity index (χ1n) is 6.03. The van der Waals surface area contributed by atoms with Crippen molar-refractivity contribution >= 4 is 17.3 Å². The predicted molar refractivity (Wildman–Crippen MR) is 72.3 cm³/mol. The summed E-state index contributed by atoms with van der Waals surface area (Å²) in [5, 5.41) is 0. The van der Waals surface area contributed by atoms with Crippen LogP contribution in [0.4, 0.5) is 0 Å². The van der Waals surface area contributed by atoms with Crippen molar-refractivity contribution in [1.29, 1.82) is 0 Å². The van der Waals surface area contributed by atoms with Crippen molar-refractivity contribution in [1.82, 2.24) is 0 Å². The lowest BCUT2D eigenvalue weighted by atomic mass is 10.1. The lowest BCUT2D eigenvalue weighted by Crippen LogP contribution is -2.10. The van der Waals surface area contributed by atoms with E-state index in [1.54, 1.807) is 0 Å². The van der Waals surface area contributed by atoms with Gasteiger partial charge in [0.15, 0.2) is 0 Å². The molecule has 3 nitrogen and oxygen atoms in total. The van der Waals surface area contributed by atoms with E-state index in [-0.39, 0.29) is 30.2 Å². The Balaban J connectivity index is 3.77. The molecule has 0 aliphatic heterocycles. The van der Waals surface area contributed by atoms with Crippen molar-refractivity contribution in [2.24, 2.45) is 0 Å². The van der Waals surface area contributed by atoms with Crippen LogP contribution in [0.5, 0.6) is 0 Å². The van der Waals surface area contributed by atoms with Gasteiger partial charge >= 0.3 is 0 Å². The van der Waals surface area contributed by atoms with Gasteiger partial charge in [-0.25, -0.2) is 0 Å². The van der Waals surface area contributed by atoms with E-state index < -0.39 is 0 Å². The summed E-state index contributed by atoms with van der Waals surface area (Å²) in [4.78, 5) is 33.2. The molecule has 0 saturated carbocycles. The SMILES string of the molecule is C/C=C/C=C/C=C/CCC(=O)CC(=O)CC(C)=O. The minimum atomic E-state index is -0.288. The number of hydrogen-bond donors (Lipinski definition) is 0. The minimum Gasteiger partial charge on any atom is -0.300 e. The van der Waals surface area contributed by atoms with Crippen LogP contribution in [-0.2, 0) is 14.4 Å². The molecular weight excluding hydrogens is 228 g/mol. The molecule has 0 aromatic carbocycles. The third-order valence-corrected chi connectivity index (χ3v) is 2.09. The second-order valence-electron chi connectivity index (χ2n) is 4.01. The molecule has 0 aromatic rings. The van der Waals surface area contributed by atoms with E-state index >= 15 is 0 Å². The molecule has 0 aliphatic rings. The molecule has 98 valence electrons. The van der Waals surface area contributed by atoms with Gasteiger partial charge in [-0.3, -0.25) is 14.4 Å². The lowest BCUT2D eigenvalue weighted by Gasteiger charge is -1.96. The summed E-state index contributed by atoms with van der Waals surface area (Å²) in [6.45, 7) is 3.28. The molecule has 0 bridgehead atoms. The maximum absolute atomic E-state index is 11.4. The normalized spacial score (nSPS) is 11.7. The van der Waals surface area contributed by atoms with E-state index in [0.717, 1.165) is 0 Å². The summed E-state index contributed by atoms with van der Waals surface area (Å²) in [6, 6.07) is 0. The molecule has 0 N–H and O–H groups in total. The number of ketones is 3. The Hall–Kier alpha value is -1.77. The highest BCUT2D eigenvalue weighted by molar-refractivity contribution is 6.06. The average molecular weight is 248 g/mol. The molecule has 0 unspecified atom stereocenters. The van der Waals surface area contributed by atoms with Crippen LogP contribution in [0.1, 0.15) is 39.5 Å². The van der Waals surface area contributed by atoms with E-state index in [1.807, 2.05) is 43.4 Å². The highest BCUT2D eigenvalue weighted by Gasteiger charge is 2.10. The smallest absolute Gasteiger partial charge is 0.147 e.